The maximum absolute atomic E-state index is 13.3. The average molecular weight is 514 g/mol. The van der Waals surface area contributed by atoms with Gasteiger partial charge in [-0.2, -0.15) is 0 Å². The Balaban J connectivity index is 1.30. The van der Waals surface area contributed by atoms with Gasteiger partial charge in [0.15, 0.2) is 11.5 Å². The Morgan fingerprint density at radius 1 is 1.11 bits per heavy atom. The largest absolute Gasteiger partial charge is 0.487 e. The molecule has 0 saturated carbocycles. The maximum Gasteiger partial charge on any atom is 0.223 e. The Bertz CT molecular complexity index is 1400. The van der Waals surface area contributed by atoms with Gasteiger partial charge in [0.05, 0.1) is 19.8 Å². The summed E-state index contributed by atoms with van der Waals surface area (Å²) in [6.07, 6.45) is 2.10. The molecule has 1 unspecified atom stereocenters. The molecule has 0 radical (unpaired) electrons. The molecule has 0 bridgehead atoms. The van der Waals surface area contributed by atoms with Crippen LogP contribution in [0.2, 0.25) is 0 Å². The number of fused-ring (bicyclic) bond motifs is 2. The van der Waals surface area contributed by atoms with Crippen LogP contribution < -0.4 is 9.47 Å². The van der Waals surface area contributed by atoms with Crippen LogP contribution in [0.5, 0.6) is 11.5 Å². The van der Waals surface area contributed by atoms with Gasteiger partial charge in [-0.3, -0.25) is 4.79 Å². The SMILES string of the molecule is Cc1ccc(CCC(=O)N2CCOc3c(cc(-c4csc5ccccc45)cc3OC3CCOC3)C2)cc1. The summed E-state index contributed by atoms with van der Waals surface area (Å²) in [5.74, 6) is 1.64. The topological polar surface area (TPSA) is 48.0 Å². The number of ether oxygens (including phenoxy) is 3. The number of benzene rings is 3. The normalized spacial score (nSPS) is 17.3. The first-order valence-electron chi connectivity index (χ1n) is 13.0. The number of thiophene rings is 1. The van der Waals surface area contributed by atoms with Crippen molar-refractivity contribution in [2.75, 3.05) is 26.4 Å². The lowest BCUT2D eigenvalue weighted by atomic mass is 10.0. The van der Waals surface area contributed by atoms with E-state index in [9.17, 15) is 4.79 Å². The maximum atomic E-state index is 13.3. The predicted molar refractivity (Wildman–Crippen MR) is 148 cm³/mol. The van der Waals surface area contributed by atoms with Crippen LogP contribution in [-0.2, 0) is 22.5 Å². The summed E-state index contributed by atoms with van der Waals surface area (Å²) in [5, 5.41) is 3.43. The lowest BCUT2D eigenvalue weighted by Gasteiger charge is -2.21. The van der Waals surface area contributed by atoms with Gasteiger partial charge >= 0.3 is 0 Å². The molecule has 6 rings (SSSR count). The fourth-order valence-electron chi connectivity index (χ4n) is 5.09. The third kappa shape index (κ3) is 5.22. The van der Waals surface area contributed by atoms with Crippen LogP contribution in [0, 0.1) is 6.92 Å². The van der Waals surface area contributed by atoms with Crippen molar-refractivity contribution in [3.05, 3.63) is 82.7 Å². The second-order valence-electron chi connectivity index (χ2n) is 9.86. The zero-order valence-electron chi connectivity index (χ0n) is 21.1. The van der Waals surface area contributed by atoms with Crippen molar-refractivity contribution in [2.45, 2.75) is 38.8 Å². The van der Waals surface area contributed by atoms with Gasteiger partial charge < -0.3 is 19.1 Å². The van der Waals surface area contributed by atoms with Crippen LogP contribution in [0.25, 0.3) is 21.2 Å². The van der Waals surface area contributed by atoms with Crippen molar-refractivity contribution in [3.63, 3.8) is 0 Å². The van der Waals surface area contributed by atoms with E-state index in [0.717, 1.165) is 35.5 Å². The minimum absolute atomic E-state index is 0.0117. The summed E-state index contributed by atoms with van der Waals surface area (Å²) in [7, 11) is 0. The highest BCUT2D eigenvalue weighted by Gasteiger charge is 2.26. The summed E-state index contributed by atoms with van der Waals surface area (Å²) in [5.41, 5.74) is 5.67. The van der Waals surface area contributed by atoms with Gasteiger partial charge in [-0.1, -0.05) is 48.0 Å². The first-order chi connectivity index (χ1) is 18.1. The van der Waals surface area contributed by atoms with Gasteiger partial charge in [-0.15, -0.1) is 11.3 Å². The molecule has 6 heteroatoms. The van der Waals surface area contributed by atoms with Crippen molar-refractivity contribution in [1.82, 2.24) is 4.90 Å². The van der Waals surface area contributed by atoms with E-state index in [0.29, 0.717) is 39.3 Å². The summed E-state index contributed by atoms with van der Waals surface area (Å²) < 4.78 is 19.5. The van der Waals surface area contributed by atoms with Crippen molar-refractivity contribution < 1.29 is 19.0 Å². The zero-order valence-corrected chi connectivity index (χ0v) is 21.9. The van der Waals surface area contributed by atoms with E-state index in [4.69, 9.17) is 14.2 Å². The Labute approximate surface area is 221 Å². The number of aryl methyl sites for hydroxylation is 2. The van der Waals surface area contributed by atoms with Crippen LogP contribution in [0.3, 0.4) is 0 Å². The van der Waals surface area contributed by atoms with Gasteiger partial charge in [0, 0.05) is 40.6 Å². The summed E-state index contributed by atoms with van der Waals surface area (Å²) in [6, 6.07) is 21.1. The van der Waals surface area contributed by atoms with Crippen LogP contribution in [-0.4, -0.2) is 43.3 Å². The van der Waals surface area contributed by atoms with Crippen LogP contribution in [0.4, 0.5) is 0 Å². The molecule has 37 heavy (non-hydrogen) atoms. The molecule has 1 atom stereocenters. The number of nitrogens with zero attached hydrogens (tertiary/aromatic N) is 1. The van der Waals surface area contributed by atoms with Crippen molar-refractivity contribution >= 4 is 27.3 Å². The van der Waals surface area contributed by atoms with Gasteiger partial charge in [-0.25, -0.2) is 0 Å². The minimum atomic E-state index is 0.0117. The second-order valence-corrected chi connectivity index (χ2v) is 10.8. The molecule has 2 aliphatic heterocycles. The second kappa shape index (κ2) is 10.6. The third-order valence-corrected chi connectivity index (χ3v) is 8.14. The smallest absolute Gasteiger partial charge is 0.223 e. The molecule has 0 aliphatic carbocycles. The highest BCUT2D eigenvalue weighted by atomic mass is 32.1. The molecule has 2 aliphatic rings. The number of hydrogen-bond acceptors (Lipinski definition) is 5. The molecule has 1 fully saturated rings. The van der Waals surface area contributed by atoms with E-state index in [1.54, 1.807) is 11.3 Å². The van der Waals surface area contributed by atoms with Crippen molar-refractivity contribution in [2.24, 2.45) is 0 Å². The Kier molecular flexibility index (Phi) is 6.85. The molecule has 1 amide bonds. The molecule has 0 spiro atoms. The molecule has 3 heterocycles. The lowest BCUT2D eigenvalue weighted by Crippen LogP contribution is -2.32. The summed E-state index contributed by atoms with van der Waals surface area (Å²) >= 11 is 1.74. The lowest BCUT2D eigenvalue weighted by molar-refractivity contribution is -0.131. The van der Waals surface area contributed by atoms with E-state index >= 15 is 0 Å². The first-order valence-corrected chi connectivity index (χ1v) is 13.9. The number of carbonyl (C=O) groups excluding carboxylic acids is 1. The fraction of sp³-hybridized carbons (Fsp3) is 0.323. The molecular weight excluding hydrogens is 482 g/mol. The van der Waals surface area contributed by atoms with Gasteiger partial charge in [0.2, 0.25) is 5.91 Å². The molecule has 5 nitrogen and oxygen atoms in total. The highest BCUT2D eigenvalue weighted by Crippen LogP contribution is 2.42. The highest BCUT2D eigenvalue weighted by molar-refractivity contribution is 7.17. The number of hydrogen-bond donors (Lipinski definition) is 0. The minimum Gasteiger partial charge on any atom is -0.487 e. The average Bonchev–Trinajstić information content (AvgIpc) is 3.53. The Hall–Kier alpha value is -3.35. The molecule has 1 saturated heterocycles. The first kappa shape index (κ1) is 24.0. The summed E-state index contributed by atoms with van der Waals surface area (Å²) in [6.45, 7) is 4.89. The van der Waals surface area contributed by atoms with E-state index in [1.165, 1.54) is 26.8 Å². The summed E-state index contributed by atoms with van der Waals surface area (Å²) in [4.78, 5) is 15.2. The fourth-order valence-corrected chi connectivity index (χ4v) is 6.06. The molecule has 1 aromatic heterocycles. The third-order valence-electron chi connectivity index (χ3n) is 7.17. The number of rotatable bonds is 6. The molecular formula is C31H31NO4S. The van der Waals surface area contributed by atoms with Gasteiger partial charge in [0.1, 0.15) is 12.7 Å². The molecule has 3 aromatic carbocycles. The standard InChI is InChI=1S/C31H31NO4S/c1-21-6-8-22(9-7-21)10-11-30(33)32-13-15-35-31-24(18-32)16-23(17-28(31)36-25-12-14-34-19-25)27-20-37-29-5-3-2-4-26(27)29/h2-9,16-17,20,25H,10-15,18-19H2,1H3. The van der Waals surface area contributed by atoms with Crippen LogP contribution >= 0.6 is 11.3 Å². The Morgan fingerprint density at radius 2 is 1.97 bits per heavy atom. The molecule has 0 N–H and O–H groups in total. The quantitative estimate of drug-likeness (QED) is 0.299. The molecule has 190 valence electrons. The van der Waals surface area contributed by atoms with Crippen LogP contribution in [0.15, 0.2) is 66.0 Å². The van der Waals surface area contributed by atoms with Crippen molar-refractivity contribution in [3.8, 4) is 22.6 Å². The van der Waals surface area contributed by atoms with E-state index in [2.05, 4.69) is 73.0 Å². The number of carbonyl (C=O) groups is 1. The van der Waals surface area contributed by atoms with Crippen molar-refractivity contribution in [1.29, 1.82) is 0 Å². The molecule has 4 aromatic rings. The number of amides is 1. The Morgan fingerprint density at radius 3 is 2.81 bits per heavy atom. The van der Waals surface area contributed by atoms with Crippen LogP contribution in [0.1, 0.15) is 29.5 Å². The van der Waals surface area contributed by atoms with Gasteiger partial charge in [-0.05, 0) is 48.1 Å². The van der Waals surface area contributed by atoms with Gasteiger partial charge in [0.25, 0.3) is 0 Å². The van der Waals surface area contributed by atoms with E-state index < -0.39 is 0 Å². The zero-order chi connectivity index (χ0) is 25.2. The monoisotopic (exact) mass is 513 g/mol. The predicted octanol–water partition coefficient (Wildman–Crippen LogP) is 6.40. The van der Waals surface area contributed by atoms with E-state index in [1.807, 2.05) is 4.90 Å². The van der Waals surface area contributed by atoms with E-state index in [-0.39, 0.29) is 12.0 Å².